The maximum Gasteiger partial charge on any atom is 0.322 e. The average Bonchev–Trinajstić information content (AvgIpc) is 2.03. The van der Waals surface area contributed by atoms with Gasteiger partial charge in [0.1, 0.15) is 6.04 Å². The number of carbonyl (C=O) groups excluding carboxylic acids is 1. The molecule has 0 fully saturated rings. The second-order valence-corrected chi connectivity index (χ2v) is 3.02. The summed E-state index contributed by atoms with van der Waals surface area (Å²) < 4.78 is 4.89. The lowest BCUT2D eigenvalue weighted by atomic mass is 10.2. The zero-order valence-electron chi connectivity index (χ0n) is 8.41. The van der Waals surface area contributed by atoms with Crippen molar-refractivity contribution in [3.05, 3.63) is 0 Å². The van der Waals surface area contributed by atoms with Crippen LogP contribution in [-0.4, -0.2) is 18.6 Å². The lowest BCUT2D eigenvalue weighted by Gasteiger charge is -2.06. The maximum absolute atomic E-state index is 10.8. The van der Waals surface area contributed by atoms with Crippen molar-refractivity contribution in [1.82, 2.24) is 0 Å². The molecular weight excluding hydrogens is 190 g/mol. The molecule has 0 aromatic rings. The Morgan fingerprint density at radius 1 is 1.38 bits per heavy atom. The zero-order valence-corrected chi connectivity index (χ0v) is 9.23. The average molecular weight is 210 g/mol. The van der Waals surface area contributed by atoms with Crippen LogP contribution in [0.5, 0.6) is 0 Å². The molecule has 0 saturated heterocycles. The number of carbonyl (C=O) groups is 1. The first-order valence-electron chi connectivity index (χ1n) is 4.60. The normalized spacial score (nSPS) is 11.6. The van der Waals surface area contributed by atoms with Gasteiger partial charge in [-0.15, -0.1) is 12.4 Å². The van der Waals surface area contributed by atoms with Crippen LogP contribution in [0.1, 0.15) is 39.5 Å². The lowest BCUT2D eigenvalue weighted by Crippen LogP contribution is -2.28. The molecule has 1 atom stereocenters. The van der Waals surface area contributed by atoms with Crippen LogP contribution in [0, 0.1) is 0 Å². The van der Waals surface area contributed by atoms with E-state index in [4.69, 9.17) is 10.5 Å². The Hall–Kier alpha value is -0.280. The highest BCUT2D eigenvalue weighted by Gasteiger charge is 2.07. The van der Waals surface area contributed by atoms with Crippen LogP contribution in [0.4, 0.5) is 0 Å². The molecule has 0 aliphatic carbocycles. The highest BCUT2D eigenvalue weighted by Crippen LogP contribution is 1.99. The summed E-state index contributed by atoms with van der Waals surface area (Å²) >= 11 is 0. The molecular formula is C9H20ClNO2. The number of unbranched alkanes of at least 4 members (excludes halogenated alkanes) is 3. The largest absolute Gasteiger partial charge is 0.465 e. The first-order valence-corrected chi connectivity index (χ1v) is 4.60. The van der Waals surface area contributed by atoms with Gasteiger partial charge < -0.3 is 10.5 Å². The molecule has 0 aliphatic rings. The summed E-state index contributed by atoms with van der Waals surface area (Å²) in [7, 11) is 0. The van der Waals surface area contributed by atoms with E-state index in [1.54, 1.807) is 6.92 Å². The summed E-state index contributed by atoms with van der Waals surface area (Å²) in [5, 5.41) is 0. The Labute approximate surface area is 86.4 Å². The topological polar surface area (TPSA) is 52.3 Å². The first-order chi connectivity index (χ1) is 5.68. The fourth-order valence-corrected chi connectivity index (χ4v) is 0.833. The predicted octanol–water partition coefficient (Wildman–Crippen LogP) is 1.88. The standard InChI is InChI=1S/C9H19NO2.ClH/c1-3-4-5-6-7-12-9(11)8(2)10;/h8H,3-7,10H2,1-2H3;1H. The van der Waals surface area contributed by atoms with E-state index < -0.39 is 6.04 Å². The predicted molar refractivity (Wildman–Crippen MR) is 56.0 cm³/mol. The summed E-state index contributed by atoms with van der Waals surface area (Å²) in [4.78, 5) is 10.8. The van der Waals surface area contributed by atoms with Crippen molar-refractivity contribution < 1.29 is 9.53 Å². The minimum atomic E-state index is -0.490. The summed E-state index contributed by atoms with van der Waals surface area (Å²) in [5.74, 6) is -0.300. The molecule has 0 bridgehead atoms. The van der Waals surface area contributed by atoms with Crippen LogP contribution in [-0.2, 0) is 9.53 Å². The Kier molecular flexibility index (Phi) is 11.5. The Balaban J connectivity index is 0. The molecule has 13 heavy (non-hydrogen) atoms. The van der Waals surface area contributed by atoms with Gasteiger partial charge in [-0.05, 0) is 13.3 Å². The minimum Gasteiger partial charge on any atom is -0.465 e. The SMILES string of the molecule is CCCCCCOC(=O)C(C)N.Cl. The molecule has 0 saturated carbocycles. The number of rotatable bonds is 6. The van der Waals surface area contributed by atoms with Crippen LogP contribution in [0.25, 0.3) is 0 Å². The molecule has 1 unspecified atom stereocenters. The van der Waals surface area contributed by atoms with E-state index in [0.717, 1.165) is 12.8 Å². The molecule has 4 heteroatoms. The molecule has 2 N–H and O–H groups in total. The number of esters is 1. The monoisotopic (exact) mass is 209 g/mol. The van der Waals surface area contributed by atoms with Crippen molar-refractivity contribution >= 4 is 18.4 Å². The molecule has 0 rings (SSSR count). The molecule has 0 heterocycles. The van der Waals surface area contributed by atoms with E-state index in [9.17, 15) is 4.79 Å². The van der Waals surface area contributed by atoms with E-state index >= 15 is 0 Å². The quantitative estimate of drug-likeness (QED) is 0.537. The van der Waals surface area contributed by atoms with Crippen LogP contribution in [0.3, 0.4) is 0 Å². The summed E-state index contributed by atoms with van der Waals surface area (Å²) in [6, 6.07) is -0.490. The molecule has 80 valence electrons. The van der Waals surface area contributed by atoms with Gasteiger partial charge in [0.15, 0.2) is 0 Å². The van der Waals surface area contributed by atoms with Crippen molar-refractivity contribution in [2.24, 2.45) is 5.73 Å². The Morgan fingerprint density at radius 2 is 2.00 bits per heavy atom. The van der Waals surface area contributed by atoms with E-state index in [0.29, 0.717) is 6.61 Å². The van der Waals surface area contributed by atoms with Gasteiger partial charge in [0.05, 0.1) is 6.61 Å². The second-order valence-electron chi connectivity index (χ2n) is 3.02. The lowest BCUT2D eigenvalue weighted by molar-refractivity contribution is -0.144. The summed E-state index contributed by atoms with van der Waals surface area (Å²) in [5.41, 5.74) is 5.30. The van der Waals surface area contributed by atoms with E-state index in [2.05, 4.69) is 6.92 Å². The molecule has 0 amide bonds. The number of halogens is 1. The second kappa shape index (κ2) is 9.81. The molecule has 0 aliphatic heterocycles. The first kappa shape index (κ1) is 15.2. The van der Waals surface area contributed by atoms with Gasteiger partial charge in [-0.1, -0.05) is 26.2 Å². The summed E-state index contributed by atoms with van der Waals surface area (Å²) in [6.07, 6.45) is 4.48. The van der Waals surface area contributed by atoms with Crippen LogP contribution in [0.15, 0.2) is 0 Å². The van der Waals surface area contributed by atoms with Gasteiger partial charge in [0.2, 0.25) is 0 Å². The highest BCUT2D eigenvalue weighted by atomic mass is 35.5. The number of hydrogen-bond donors (Lipinski definition) is 1. The Morgan fingerprint density at radius 3 is 2.46 bits per heavy atom. The van der Waals surface area contributed by atoms with E-state index in [1.165, 1.54) is 12.8 Å². The summed E-state index contributed by atoms with van der Waals surface area (Å²) in [6.45, 7) is 4.29. The van der Waals surface area contributed by atoms with Gasteiger partial charge in [0.25, 0.3) is 0 Å². The molecule has 0 radical (unpaired) electrons. The van der Waals surface area contributed by atoms with Gasteiger partial charge in [-0.2, -0.15) is 0 Å². The van der Waals surface area contributed by atoms with E-state index in [-0.39, 0.29) is 18.4 Å². The maximum atomic E-state index is 10.8. The minimum absolute atomic E-state index is 0. The number of ether oxygens (including phenoxy) is 1. The third-order valence-corrected chi connectivity index (χ3v) is 1.61. The highest BCUT2D eigenvalue weighted by molar-refractivity contribution is 5.85. The van der Waals surface area contributed by atoms with Crippen molar-refractivity contribution in [3.8, 4) is 0 Å². The number of hydrogen-bond acceptors (Lipinski definition) is 3. The molecule has 3 nitrogen and oxygen atoms in total. The van der Waals surface area contributed by atoms with Crippen molar-refractivity contribution in [1.29, 1.82) is 0 Å². The van der Waals surface area contributed by atoms with Crippen molar-refractivity contribution in [2.45, 2.75) is 45.6 Å². The van der Waals surface area contributed by atoms with Gasteiger partial charge in [-0.25, -0.2) is 0 Å². The van der Waals surface area contributed by atoms with Crippen LogP contribution >= 0.6 is 12.4 Å². The van der Waals surface area contributed by atoms with Crippen molar-refractivity contribution in [2.75, 3.05) is 6.61 Å². The smallest absolute Gasteiger partial charge is 0.322 e. The fourth-order valence-electron chi connectivity index (χ4n) is 0.833. The van der Waals surface area contributed by atoms with Crippen LogP contribution in [0.2, 0.25) is 0 Å². The third kappa shape index (κ3) is 9.64. The van der Waals surface area contributed by atoms with Gasteiger partial charge in [-0.3, -0.25) is 4.79 Å². The van der Waals surface area contributed by atoms with Crippen LogP contribution < -0.4 is 5.73 Å². The van der Waals surface area contributed by atoms with Gasteiger partial charge >= 0.3 is 5.97 Å². The van der Waals surface area contributed by atoms with E-state index in [1.807, 2.05) is 0 Å². The Bertz CT molecular complexity index is 129. The molecule has 0 spiro atoms. The molecule has 0 aromatic heterocycles. The fraction of sp³-hybridized carbons (Fsp3) is 0.889. The van der Waals surface area contributed by atoms with Crippen molar-refractivity contribution in [3.63, 3.8) is 0 Å². The number of nitrogens with two attached hydrogens (primary N) is 1. The zero-order chi connectivity index (χ0) is 9.40. The third-order valence-electron chi connectivity index (χ3n) is 1.61. The molecule has 0 aromatic carbocycles. The van der Waals surface area contributed by atoms with Gasteiger partial charge in [0, 0.05) is 0 Å².